The minimum absolute atomic E-state index is 0.0487. The summed E-state index contributed by atoms with van der Waals surface area (Å²) in [6, 6.07) is 27.4. The highest BCUT2D eigenvalue weighted by atomic mass is 32.2. The Morgan fingerprint density at radius 1 is 0.647 bits per heavy atom. The third kappa shape index (κ3) is 4.83. The summed E-state index contributed by atoms with van der Waals surface area (Å²) in [6.07, 6.45) is 0. The third-order valence-electron chi connectivity index (χ3n) is 6.29. The Bertz CT molecular complexity index is 1390. The molecule has 0 heterocycles. The lowest BCUT2D eigenvalue weighted by Gasteiger charge is -2.18. The number of phenolic OH excluding ortho intramolecular Hbond substituents is 2. The van der Waals surface area contributed by atoms with Crippen LogP contribution in [-0.2, 0) is 10.1 Å². The van der Waals surface area contributed by atoms with E-state index >= 15 is 0 Å². The standard InChI is InChI=1S/C28H26O5S/c1-18(20-6-4-3-5-7-20)21-8-10-22(11-9-21)19(2)24-16-26(23-12-14-25(29)15-13-23)28(30)27(17-24)34(31,32)33/h3-19,29-30H,1-2H3,(H,31,32,33). The highest BCUT2D eigenvalue weighted by Gasteiger charge is 2.23. The summed E-state index contributed by atoms with van der Waals surface area (Å²) in [6.45, 7) is 4.09. The van der Waals surface area contributed by atoms with Crippen LogP contribution in [0.3, 0.4) is 0 Å². The second-order valence-electron chi connectivity index (χ2n) is 8.46. The van der Waals surface area contributed by atoms with Crippen LogP contribution in [0.1, 0.15) is 47.9 Å². The molecule has 0 fully saturated rings. The normalized spacial score (nSPS) is 13.4. The highest BCUT2D eigenvalue weighted by Crippen LogP contribution is 2.39. The van der Waals surface area contributed by atoms with E-state index in [2.05, 4.69) is 31.2 Å². The smallest absolute Gasteiger partial charge is 0.298 e. The zero-order valence-corrected chi connectivity index (χ0v) is 19.7. The molecule has 3 N–H and O–H groups in total. The highest BCUT2D eigenvalue weighted by molar-refractivity contribution is 7.86. The topological polar surface area (TPSA) is 94.8 Å². The molecule has 0 saturated heterocycles. The largest absolute Gasteiger partial charge is 0.508 e. The fraction of sp³-hybridized carbons (Fsp3) is 0.143. The van der Waals surface area contributed by atoms with E-state index in [9.17, 15) is 23.2 Å². The molecule has 0 saturated carbocycles. The van der Waals surface area contributed by atoms with Crippen LogP contribution in [0, 0.1) is 0 Å². The first kappa shape index (κ1) is 23.5. The van der Waals surface area contributed by atoms with Crippen LogP contribution in [0.2, 0.25) is 0 Å². The summed E-state index contributed by atoms with van der Waals surface area (Å²) in [5.41, 5.74) is 4.74. The monoisotopic (exact) mass is 474 g/mol. The lowest BCUT2D eigenvalue weighted by atomic mass is 9.87. The van der Waals surface area contributed by atoms with E-state index in [1.165, 1.54) is 23.8 Å². The Kier molecular flexibility index (Phi) is 6.46. The molecule has 4 aromatic rings. The van der Waals surface area contributed by atoms with Gasteiger partial charge < -0.3 is 10.2 Å². The van der Waals surface area contributed by atoms with Gasteiger partial charge in [0.05, 0.1) is 0 Å². The second-order valence-corrected chi connectivity index (χ2v) is 9.85. The van der Waals surface area contributed by atoms with Gasteiger partial charge in [-0.15, -0.1) is 0 Å². The minimum atomic E-state index is -4.66. The predicted octanol–water partition coefficient (Wildman–Crippen LogP) is 6.32. The summed E-state index contributed by atoms with van der Waals surface area (Å²) in [5, 5.41) is 20.2. The van der Waals surface area contributed by atoms with Crippen LogP contribution in [0.4, 0.5) is 0 Å². The molecule has 0 radical (unpaired) electrons. The molecule has 174 valence electrons. The zero-order chi connectivity index (χ0) is 24.5. The van der Waals surface area contributed by atoms with Crippen molar-refractivity contribution in [3.05, 3.63) is 113 Å². The molecule has 2 unspecified atom stereocenters. The summed E-state index contributed by atoms with van der Waals surface area (Å²) in [5.74, 6) is -0.465. The quantitative estimate of drug-likeness (QED) is 0.285. The molecule has 4 rings (SSSR count). The summed E-state index contributed by atoms with van der Waals surface area (Å²) >= 11 is 0. The molecule has 4 aromatic carbocycles. The van der Waals surface area contributed by atoms with Crippen molar-refractivity contribution in [1.29, 1.82) is 0 Å². The van der Waals surface area contributed by atoms with Gasteiger partial charge in [-0.25, -0.2) is 0 Å². The first-order chi connectivity index (χ1) is 16.1. The summed E-state index contributed by atoms with van der Waals surface area (Å²) < 4.78 is 33.8. The molecule has 6 heteroatoms. The van der Waals surface area contributed by atoms with E-state index in [1.807, 2.05) is 37.3 Å². The molecular formula is C28H26O5S. The number of hydrogen-bond acceptors (Lipinski definition) is 4. The Labute approximate surface area is 199 Å². The van der Waals surface area contributed by atoms with E-state index in [0.717, 1.165) is 11.1 Å². The van der Waals surface area contributed by atoms with E-state index in [4.69, 9.17) is 0 Å². The van der Waals surface area contributed by atoms with E-state index in [1.54, 1.807) is 18.2 Å². The molecule has 0 spiro atoms. The molecule has 0 amide bonds. The minimum Gasteiger partial charge on any atom is -0.508 e. The van der Waals surface area contributed by atoms with E-state index < -0.39 is 20.8 Å². The Morgan fingerprint density at radius 2 is 1.15 bits per heavy atom. The van der Waals surface area contributed by atoms with Gasteiger partial charge in [0.15, 0.2) is 0 Å². The van der Waals surface area contributed by atoms with Gasteiger partial charge in [0.25, 0.3) is 10.1 Å². The van der Waals surface area contributed by atoms with Gasteiger partial charge in [0, 0.05) is 17.4 Å². The van der Waals surface area contributed by atoms with Crippen LogP contribution < -0.4 is 0 Å². The maximum Gasteiger partial charge on any atom is 0.298 e. The molecule has 5 nitrogen and oxygen atoms in total. The maximum absolute atomic E-state index is 12.0. The molecule has 0 aliphatic rings. The van der Waals surface area contributed by atoms with Gasteiger partial charge in [0.2, 0.25) is 0 Å². The Morgan fingerprint density at radius 3 is 1.68 bits per heavy atom. The second kappa shape index (κ2) is 9.33. The first-order valence-electron chi connectivity index (χ1n) is 10.9. The zero-order valence-electron chi connectivity index (χ0n) is 18.9. The third-order valence-corrected chi connectivity index (χ3v) is 7.16. The van der Waals surface area contributed by atoms with Gasteiger partial charge in [-0.3, -0.25) is 4.55 Å². The molecule has 0 aliphatic heterocycles. The number of rotatable bonds is 6. The van der Waals surface area contributed by atoms with Crippen LogP contribution >= 0.6 is 0 Å². The molecule has 2 atom stereocenters. The average Bonchev–Trinajstić information content (AvgIpc) is 2.84. The fourth-order valence-electron chi connectivity index (χ4n) is 4.14. The van der Waals surface area contributed by atoms with Crippen LogP contribution in [0.5, 0.6) is 11.5 Å². The van der Waals surface area contributed by atoms with Gasteiger partial charge in [-0.1, -0.05) is 80.6 Å². The van der Waals surface area contributed by atoms with Crippen molar-refractivity contribution in [3.8, 4) is 22.6 Å². The number of aromatic hydroxyl groups is 2. The van der Waals surface area contributed by atoms with Gasteiger partial charge in [0.1, 0.15) is 16.4 Å². The SMILES string of the molecule is CC(c1ccccc1)c1ccc(C(C)c2cc(-c3ccc(O)cc3)c(O)c(S(=O)(=O)O)c2)cc1. The van der Waals surface area contributed by atoms with Crippen molar-refractivity contribution < 1.29 is 23.2 Å². The molecule has 0 aromatic heterocycles. The van der Waals surface area contributed by atoms with E-state index in [0.29, 0.717) is 11.1 Å². The molecule has 34 heavy (non-hydrogen) atoms. The van der Waals surface area contributed by atoms with Crippen molar-refractivity contribution in [2.75, 3.05) is 0 Å². The lowest BCUT2D eigenvalue weighted by molar-refractivity contribution is 0.444. The lowest BCUT2D eigenvalue weighted by Crippen LogP contribution is -2.04. The van der Waals surface area contributed by atoms with Crippen molar-refractivity contribution in [2.45, 2.75) is 30.6 Å². The van der Waals surface area contributed by atoms with Gasteiger partial charge >= 0.3 is 0 Å². The van der Waals surface area contributed by atoms with Crippen molar-refractivity contribution in [2.24, 2.45) is 0 Å². The molecular weight excluding hydrogens is 448 g/mol. The van der Waals surface area contributed by atoms with Crippen LogP contribution in [0.15, 0.2) is 95.9 Å². The van der Waals surface area contributed by atoms with Gasteiger partial charge in [-0.2, -0.15) is 8.42 Å². The molecule has 0 aliphatic carbocycles. The van der Waals surface area contributed by atoms with Crippen molar-refractivity contribution in [3.63, 3.8) is 0 Å². The van der Waals surface area contributed by atoms with Crippen molar-refractivity contribution in [1.82, 2.24) is 0 Å². The van der Waals surface area contributed by atoms with Crippen LogP contribution in [0.25, 0.3) is 11.1 Å². The number of phenols is 2. The Balaban J connectivity index is 1.73. The number of benzene rings is 4. The molecule has 0 bridgehead atoms. The fourth-order valence-corrected chi connectivity index (χ4v) is 4.78. The number of hydrogen-bond donors (Lipinski definition) is 3. The van der Waals surface area contributed by atoms with Crippen LogP contribution in [-0.4, -0.2) is 23.2 Å². The van der Waals surface area contributed by atoms with E-state index in [-0.39, 0.29) is 23.1 Å². The first-order valence-corrected chi connectivity index (χ1v) is 12.4. The average molecular weight is 475 g/mol. The predicted molar refractivity (Wildman–Crippen MR) is 133 cm³/mol. The van der Waals surface area contributed by atoms with Crippen molar-refractivity contribution >= 4 is 10.1 Å². The Hall–Kier alpha value is -3.61. The summed E-state index contributed by atoms with van der Waals surface area (Å²) in [4.78, 5) is -0.547. The van der Waals surface area contributed by atoms with Gasteiger partial charge in [-0.05, 0) is 52.1 Å². The summed E-state index contributed by atoms with van der Waals surface area (Å²) in [7, 11) is -4.66. The maximum atomic E-state index is 12.0.